The van der Waals surface area contributed by atoms with Gasteiger partial charge in [-0.3, -0.25) is 0 Å². The van der Waals surface area contributed by atoms with Crippen molar-refractivity contribution in [3.05, 3.63) is 64.8 Å². The number of anilines is 2. The lowest BCUT2D eigenvalue weighted by atomic mass is 10.0. The molecule has 2 aromatic carbocycles. The number of fused-ring (bicyclic) bond motifs is 2. The summed E-state index contributed by atoms with van der Waals surface area (Å²) in [6.45, 7) is 0. The minimum Gasteiger partial charge on any atom is -0.337 e. The van der Waals surface area contributed by atoms with Crippen molar-refractivity contribution in [3.63, 3.8) is 0 Å². The minimum absolute atomic E-state index is 0.595. The molecule has 4 nitrogen and oxygen atoms in total. The van der Waals surface area contributed by atoms with E-state index in [9.17, 15) is 0 Å². The van der Waals surface area contributed by atoms with Crippen LogP contribution in [0.4, 0.5) is 11.5 Å². The van der Waals surface area contributed by atoms with E-state index in [1.807, 2.05) is 42.5 Å². The predicted octanol–water partition coefficient (Wildman–Crippen LogP) is 3.84. The Balaban J connectivity index is 1.76. The van der Waals surface area contributed by atoms with E-state index in [2.05, 4.69) is 26.6 Å². The summed E-state index contributed by atoms with van der Waals surface area (Å²) in [4.78, 5) is 4.63. The first-order valence-corrected chi connectivity index (χ1v) is 7.02. The lowest BCUT2D eigenvalue weighted by Gasteiger charge is -2.19. The number of para-hydroxylation sites is 1. The summed E-state index contributed by atoms with van der Waals surface area (Å²) < 4.78 is 0. The molecule has 0 saturated heterocycles. The van der Waals surface area contributed by atoms with Crippen LogP contribution in [0.25, 0.3) is 11.4 Å². The quantitative estimate of drug-likeness (QED) is 0.579. The number of rotatable bonds is 1. The van der Waals surface area contributed by atoms with Gasteiger partial charge in [-0.05, 0) is 23.8 Å². The fourth-order valence-corrected chi connectivity index (χ4v) is 2.62. The van der Waals surface area contributed by atoms with Gasteiger partial charge in [-0.2, -0.15) is 0 Å². The maximum absolute atomic E-state index is 6.02. The van der Waals surface area contributed by atoms with Crippen LogP contribution in [0.15, 0.2) is 48.5 Å². The van der Waals surface area contributed by atoms with E-state index in [0.29, 0.717) is 10.8 Å². The van der Waals surface area contributed by atoms with E-state index < -0.39 is 0 Å². The van der Waals surface area contributed by atoms with Gasteiger partial charge >= 0.3 is 0 Å². The van der Waals surface area contributed by atoms with Gasteiger partial charge in [-0.25, -0.2) is 4.98 Å². The van der Waals surface area contributed by atoms with Crippen LogP contribution in [0, 0.1) is 0 Å². The largest absolute Gasteiger partial charge is 0.337 e. The Bertz CT molecular complexity index is 832. The molecule has 0 amide bonds. The lowest BCUT2D eigenvalue weighted by molar-refractivity contribution is 0.917. The van der Waals surface area contributed by atoms with Gasteiger partial charge in [-0.1, -0.05) is 41.9 Å². The summed E-state index contributed by atoms with van der Waals surface area (Å²) in [5, 5.41) is 12.4. The first kappa shape index (κ1) is 12.3. The van der Waals surface area contributed by atoms with Crippen molar-refractivity contribution < 1.29 is 0 Å². The van der Waals surface area contributed by atoms with Crippen LogP contribution in [0.5, 0.6) is 0 Å². The van der Waals surface area contributed by atoms with Gasteiger partial charge in [0.15, 0.2) is 11.6 Å². The number of benzene rings is 2. The zero-order valence-electron chi connectivity index (χ0n) is 11.0. The van der Waals surface area contributed by atoms with Gasteiger partial charge in [0.25, 0.3) is 0 Å². The average Bonchev–Trinajstić information content (AvgIpc) is 2.52. The standard InChI is InChI=1S/C16H11ClN4/c17-12-6-3-5-11(8-12)15-19-14-9-10-4-1-2-7-13(10)18-16(14)21-20-15/h1-8H,9H2,(H,18,21). The second-order valence-electron chi connectivity index (χ2n) is 4.90. The molecular weight excluding hydrogens is 284 g/mol. The molecule has 3 aromatic rings. The van der Waals surface area contributed by atoms with Crippen molar-refractivity contribution in [2.75, 3.05) is 5.32 Å². The molecule has 0 unspecified atom stereocenters. The number of nitrogens with zero attached hydrogens (tertiary/aromatic N) is 3. The highest BCUT2D eigenvalue weighted by molar-refractivity contribution is 6.30. The normalized spacial score (nSPS) is 12.2. The van der Waals surface area contributed by atoms with E-state index in [0.717, 1.165) is 29.2 Å². The fourth-order valence-electron chi connectivity index (χ4n) is 2.43. The van der Waals surface area contributed by atoms with Crippen molar-refractivity contribution in [3.8, 4) is 11.4 Å². The van der Waals surface area contributed by atoms with Gasteiger partial charge < -0.3 is 5.32 Å². The molecule has 1 N–H and O–H groups in total. The van der Waals surface area contributed by atoms with E-state index in [4.69, 9.17) is 11.6 Å². The van der Waals surface area contributed by atoms with Gasteiger partial charge in [0.1, 0.15) is 0 Å². The molecule has 0 aliphatic carbocycles. The first-order chi connectivity index (χ1) is 10.3. The first-order valence-electron chi connectivity index (χ1n) is 6.64. The second kappa shape index (κ2) is 4.82. The Kier molecular flexibility index (Phi) is 2.82. The Morgan fingerprint density at radius 1 is 1.00 bits per heavy atom. The fraction of sp³-hybridized carbons (Fsp3) is 0.0625. The highest BCUT2D eigenvalue weighted by Crippen LogP contribution is 2.30. The third-order valence-electron chi connectivity index (χ3n) is 3.47. The molecule has 0 atom stereocenters. The SMILES string of the molecule is Clc1cccc(-c2nnc3c(n2)Cc2ccccc2N3)c1. The van der Waals surface area contributed by atoms with Gasteiger partial charge in [0, 0.05) is 22.7 Å². The molecule has 0 saturated carbocycles. The number of halogens is 1. The molecule has 0 spiro atoms. The third-order valence-corrected chi connectivity index (χ3v) is 3.71. The monoisotopic (exact) mass is 294 g/mol. The molecule has 1 aliphatic rings. The summed E-state index contributed by atoms with van der Waals surface area (Å²) in [5.74, 6) is 1.32. The minimum atomic E-state index is 0.595. The van der Waals surface area contributed by atoms with Crippen LogP contribution in [0.1, 0.15) is 11.3 Å². The summed E-state index contributed by atoms with van der Waals surface area (Å²) in [6, 6.07) is 15.6. The molecule has 21 heavy (non-hydrogen) atoms. The molecule has 4 rings (SSSR count). The molecule has 0 bridgehead atoms. The van der Waals surface area contributed by atoms with Crippen LogP contribution in [-0.4, -0.2) is 15.2 Å². The number of nitrogens with one attached hydrogen (secondary N) is 1. The molecule has 2 heterocycles. The summed E-state index contributed by atoms with van der Waals surface area (Å²) in [5.41, 5.74) is 4.05. The van der Waals surface area contributed by atoms with E-state index in [1.54, 1.807) is 0 Å². The molecular formula is C16H11ClN4. The Morgan fingerprint density at radius 2 is 1.90 bits per heavy atom. The van der Waals surface area contributed by atoms with Gasteiger partial charge in [0.05, 0.1) is 5.69 Å². The second-order valence-corrected chi connectivity index (χ2v) is 5.34. The number of aromatic nitrogens is 3. The van der Waals surface area contributed by atoms with E-state index in [1.165, 1.54) is 5.56 Å². The maximum atomic E-state index is 6.02. The summed E-state index contributed by atoms with van der Waals surface area (Å²) in [6.07, 6.45) is 0.752. The molecule has 5 heteroatoms. The van der Waals surface area contributed by atoms with Gasteiger partial charge in [0.2, 0.25) is 0 Å². The Morgan fingerprint density at radius 3 is 2.81 bits per heavy atom. The molecule has 1 aromatic heterocycles. The molecule has 0 radical (unpaired) electrons. The molecule has 102 valence electrons. The Hall–Kier alpha value is -2.46. The molecule has 1 aliphatic heterocycles. The number of hydrogen-bond acceptors (Lipinski definition) is 4. The average molecular weight is 295 g/mol. The van der Waals surface area contributed by atoms with Crippen LogP contribution in [0.2, 0.25) is 5.02 Å². The smallest absolute Gasteiger partial charge is 0.182 e. The van der Waals surface area contributed by atoms with Crippen LogP contribution in [0.3, 0.4) is 0 Å². The number of hydrogen-bond donors (Lipinski definition) is 1. The van der Waals surface area contributed by atoms with Crippen molar-refractivity contribution >= 4 is 23.1 Å². The summed E-state index contributed by atoms with van der Waals surface area (Å²) >= 11 is 6.02. The van der Waals surface area contributed by atoms with E-state index >= 15 is 0 Å². The zero-order chi connectivity index (χ0) is 14.2. The highest BCUT2D eigenvalue weighted by Gasteiger charge is 2.18. The van der Waals surface area contributed by atoms with Crippen molar-refractivity contribution in [1.82, 2.24) is 15.2 Å². The van der Waals surface area contributed by atoms with Crippen molar-refractivity contribution in [2.45, 2.75) is 6.42 Å². The lowest BCUT2D eigenvalue weighted by Crippen LogP contribution is -2.12. The third kappa shape index (κ3) is 2.23. The maximum Gasteiger partial charge on any atom is 0.182 e. The van der Waals surface area contributed by atoms with Crippen molar-refractivity contribution in [2.24, 2.45) is 0 Å². The highest BCUT2D eigenvalue weighted by atomic mass is 35.5. The van der Waals surface area contributed by atoms with Gasteiger partial charge in [-0.15, -0.1) is 10.2 Å². The van der Waals surface area contributed by atoms with Crippen LogP contribution >= 0.6 is 11.6 Å². The summed E-state index contributed by atoms with van der Waals surface area (Å²) in [7, 11) is 0. The van der Waals surface area contributed by atoms with Crippen molar-refractivity contribution in [1.29, 1.82) is 0 Å². The Labute approximate surface area is 126 Å². The van der Waals surface area contributed by atoms with Crippen LogP contribution < -0.4 is 5.32 Å². The van der Waals surface area contributed by atoms with Crippen LogP contribution in [-0.2, 0) is 6.42 Å². The predicted molar refractivity (Wildman–Crippen MR) is 82.8 cm³/mol. The topological polar surface area (TPSA) is 50.7 Å². The zero-order valence-corrected chi connectivity index (χ0v) is 11.8. The molecule has 0 fully saturated rings. The van der Waals surface area contributed by atoms with E-state index in [-0.39, 0.29) is 0 Å².